The molecule has 31 heavy (non-hydrogen) atoms. The highest BCUT2D eigenvalue weighted by Crippen LogP contribution is 2.43. The molecule has 9 heteroatoms. The minimum absolute atomic E-state index is 0.0228. The third kappa shape index (κ3) is 3.47. The predicted molar refractivity (Wildman–Crippen MR) is 116 cm³/mol. The van der Waals surface area contributed by atoms with Crippen molar-refractivity contribution in [2.75, 3.05) is 25.0 Å². The van der Waals surface area contributed by atoms with Gasteiger partial charge in [0.1, 0.15) is 5.66 Å². The highest BCUT2D eigenvalue weighted by molar-refractivity contribution is 6.31. The number of anilines is 1. The number of carbonyl (C=O) groups excluding carboxylic acids is 2. The van der Waals surface area contributed by atoms with Crippen LogP contribution in [0.4, 0.5) is 5.69 Å². The Labute approximate surface area is 185 Å². The lowest BCUT2D eigenvalue weighted by Crippen LogP contribution is -2.59. The van der Waals surface area contributed by atoms with E-state index in [1.165, 1.54) is 0 Å². The van der Waals surface area contributed by atoms with Crippen LogP contribution >= 0.6 is 11.6 Å². The second-order valence-electron chi connectivity index (χ2n) is 8.78. The minimum atomic E-state index is -0.636. The molecular weight excluding hydrogens is 418 g/mol. The summed E-state index contributed by atoms with van der Waals surface area (Å²) in [5.41, 5.74) is 1.74. The average Bonchev–Trinajstić information content (AvgIpc) is 3.29. The predicted octanol–water partition coefficient (Wildman–Crippen LogP) is 2.81. The normalized spacial score (nSPS) is 24.2. The first-order valence-electron chi connectivity index (χ1n) is 10.7. The Morgan fingerprint density at radius 3 is 2.77 bits per heavy atom. The molecule has 2 spiro atoms. The van der Waals surface area contributed by atoms with E-state index in [4.69, 9.17) is 16.3 Å². The Hall–Kier alpha value is -2.58. The van der Waals surface area contributed by atoms with Gasteiger partial charge in [0, 0.05) is 43.0 Å². The molecule has 0 radical (unpaired) electrons. The Kier molecular flexibility index (Phi) is 4.75. The quantitative estimate of drug-likeness (QED) is 0.745. The van der Waals surface area contributed by atoms with Crippen LogP contribution in [0.15, 0.2) is 24.4 Å². The van der Waals surface area contributed by atoms with Crippen molar-refractivity contribution in [2.24, 2.45) is 0 Å². The van der Waals surface area contributed by atoms with E-state index < -0.39 is 5.66 Å². The molecule has 2 fully saturated rings. The average molecular weight is 444 g/mol. The molecule has 1 aromatic carbocycles. The second kappa shape index (κ2) is 7.24. The van der Waals surface area contributed by atoms with Crippen molar-refractivity contribution in [1.29, 1.82) is 0 Å². The smallest absolute Gasteiger partial charge is 0.257 e. The number of likely N-dealkylation sites (tertiary alicyclic amines) is 1. The van der Waals surface area contributed by atoms with E-state index in [0.717, 1.165) is 30.8 Å². The van der Waals surface area contributed by atoms with Crippen molar-refractivity contribution in [3.63, 3.8) is 0 Å². The molecule has 1 atom stereocenters. The molecule has 164 valence electrons. The summed E-state index contributed by atoms with van der Waals surface area (Å²) < 4.78 is 8.08. The highest BCUT2D eigenvalue weighted by Gasteiger charge is 2.53. The number of carbonyl (C=O) groups is 2. The monoisotopic (exact) mass is 443 g/mol. The van der Waals surface area contributed by atoms with Crippen molar-refractivity contribution in [3.05, 3.63) is 46.2 Å². The number of aromatic nitrogens is 2. The van der Waals surface area contributed by atoms with Gasteiger partial charge < -0.3 is 20.3 Å². The van der Waals surface area contributed by atoms with Gasteiger partial charge in [-0.15, -0.1) is 0 Å². The number of ether oxygens (including phenoxy) is 1. The summed E-state index contributed by atoms with van der Waals surface area (Å²) in [7, 11) is 0. The Morgan fingerprint density at radius 2 is 2.06 bits per heavy atom. The molecule has 8 nitrogen and oxygen atoms in total. The Balaban J connectivity index is 1.28. The number of aryl methyl sites for hydroxylation is 2. The Morgan fingerprint density at radius 1 is 1.29 bits per heavy atom. The van der Waals surface area contributed by atoms with Crippen LogP contribution < -0.4 is 10.6 Å². The maximum absolute atomic E-state index is 13.0. The summed E-state index contributed by atoms with van der Waals surface area (Å²) >= 11 is 6.04. The van der Waals surface area contributed by atoms with E-state index in [1.807, 2.05) is 31.0 Å². The van der Waals surface area contributed by atoms with Gasteiger partial charge in [-0.05, 0) is 44.9 Å². The molecule has 3 aliphatic rings. The highest BCUT2D eigenvalue weighted by atomic mass is 35.5. The first-order valence-corrected chi connectivity index (χ1v) is 11.1. The fraction of sp³-hybridized carbons (Fsp3) is 0.500. The maximum atomic E-state index is 13.0. The summed E-state index contributed by atoms with van der Waals surface area (Å²) in [5, 5.41) is 11.5. The van der Waals surface area contributed by atoms with E-state index in [0.29, 0.717) is 42.3 Å². The molecule has 2 saturated heterocycles. The number of hydrogen-bond donors (Lipinski definition) is 2. The zero-order valence-electron chi connectivity index (χ0n) is 17.7. The lowest BCUT2D eigenvalue weighted by Gasteiger charge is -2.41. The van der Waals surface area contributed by atoms with Gasteiger partial charge in [0.15, 0.2) is 0 Å². The summed E-state index contributed by atoms with van der Waals surface area (Å²) in [4.78, 5) is 27.6. The summed E-state index contributed by atoms with van der Waals surface area (Å²) in [6.45, 7) is 6.23. The SMILES string of the molecule is CCn1cc(C(=O)N2CCC3(CC2)CC2(CO3)NC(=O)c3cc(Cl)ccc3N2)c(C)n1. The van der Waals surface area contributed by atoms with E-state index in [2.05, 4.69) is 15.7 Å². The van der Waals surface area contributed by atoms with E-state index in [-0.39, 0.29) is 17.4 Å². The number of rotatable bonds is 2. The van der Waals surface area contributed by atoms with Crippen molar-refractivity contribution >= 4 is 29.1 Å². The molecule has 5 rings (SSSR count). The fourth-order valence-corrected chi connectivity index (χ4v) is 5.15. The molecule has 1 aromatic heterocycles. The van der Waals surface area contributed by atoms with Crippen LogP contribution in [0, 0.1) is 6.92 Å². The van der Waals surface area contributed by atoms with E-state index >= 15 is 0 Å². The molecule has 2 aromatic rings. The zero-order chi connectivity index (χ0) is 21.8. The lowest BCUT2D eigenvalue weighted by atomic mass is 9.84. The van der Waals surface area contributed by atoms with E-state index in [9.17, 15) is 9.59 Å². The molecule has 0 bridgehead atoms. The van der Waals surface area contributed by atoms with Crippen molar-refractivity contribution in [3.8, 4) is 0 Å². The van der Waals surface area contributed by atoms with E-state index in [1.54, 1.807) is 16.8 Å². The summed E-state index contributed by atoms with van der Waals surface area (Å²) in [6.07, 6.45) is 3.94. The van der Waals surface area contributed by atoms with Crippen LogP contribution in [0.25, 0.3) is 0 Å². The first-order chi connectivity index (χ1) is 14.8. The number of benzene rings is 1. The standard InChI is InChI=1S/C22H26ClN5O3/c1-3-28-11-17(14(2)26-28)20(30)27-8-6-21(7-9-27)12-22(13-31-21)24-18-5-4-15(23)10-16(18)19(29)25-22/h4-5,10-11,24H,3,6-9,12-13H2,1-2H3,(H,25,29). The number of amides is 2. The molecule has 0 aliphatic carbocycles. The van der Waals surface area contributed by atoms with Gasteiger partial charge in [-0.2, -0.15) is 5.10 Å². The minimum Gasteiger partial charge on any atom is -0.370 e. The third-order valence-corrected chi connectivity index (χ3v) is 6.90. The summed E-state index contributed by atoms with van der Waals surface area (Å²) in [5.74, 6) is -0.123. The van der Waals surface area contributed by atoms with Crippen LogP contribution in [0.3, 0.4) is 0 Å². The number of hydrogen-bond acceptors (Lipinski definition) is 5. The molecule has 3 aliphatic heterocycles. The fourth-order valence-electron chi connectivity index (χ4n) is 4.97. The molecule has 0 saturated carbocycles. The second-order valence-corrected chi connectivity index (χ2v) is 9.21. The number of fused-ring (bicyclic) bond motifs is 1. The Bertz CT molecular complexity index is 1060. The van der Waals surface area contributed by atoms with Gasteiger partial charge in [-0.3, -0.25) is 14.3 Å². The van der Waals surface area contributed by atoms with Crippen molar-refractivity contribution < 1.29 is 14.3 Å². The van der Waals surface area contributed by atoms with Crippen LogP contribution in [0.1, 0.15) is 52.6 Å². The number of piperidine rings is 1. The van der Waals surface area contributed by atoms with Crippen molar-refractivity contribution in [2.45, 2.75) is 50.9 Å². The van der Waals surface area contributed by atoms with Gasteiger partial charge in [0.05, 0.1) is 29.0 Å². The molecule has 4 heterocycles. The number of nitrogens with zero attached hydrogens (tertiary/aromatic N) is 3. The van der Waals surface area contributed by atoms with Crippen LogP contribution in [0.5, 0.6) is 0 Å². The van der Waals surface area contributed by atoms with Crippen molar-refractivity contribution in [1.82, 2.24) is 20.0 Å². The molecule has 1 unspecified atom stereocenters. The number of halogens is 1. The largest absolute Gasteiger partial charge is 0.370 e. The zero-order valence-corrected chi connectivity index (χ0v) is 18.5. The molecule has 2 amide bonds. The van der Waals surface area contributed by atoms with Crippen LogP contribution in [-0.2, 0) is 11.3 Å². The summed E-state index contributed by atoms with van der Waals surface area (Å²) in [6, 6.07) is 5.28. The van der Waals surface area contributed by atoms with Crippen LogP contribution in [0.2, 0.25) is 5.02 Å². The third-order valence-electron chi connectivity index (χ3n) is 6.66. The van der Waals surface area contributed by atoms with Gasteiger partial charge >= 0.3 is 0 Å². The maximum Gasteiger partial charge on any atom is 0.257 e. The van der Waals surface area contributed by atoms with Gasteiger partial charge in [0.25, 0.3) is 11.8 Å². The van der Waals surface area contributed by atoms with Gasteiger partial charge in [-0.1, -0.05) is 11.6 Å². The molecule has 2 N–H and O–H groups in total. The first kappa shape index (κ1) is 20.3. The lowest BCUT2D eigenvalue weighted by molar-refractivity contribution is -0.0393. The van der Waals surface area contributed by atoms with Gasteiger partial charge in [0.2, 0.25) is 0 Å². The topological polar surface area (TPSA) is 88.5 Å². The van der Waals surface area contributed by atoms with Crippen LogP contribution in [-0.4, -0.2) is 57.5 Å². The molecular formula is C22H26ClN5O3. The number of nitrogens with one attached hydrogen (secondary N) is 2. The van der Waals surface area contributed by atoms with Gasteiger partial charge in [-0.25, -0.2) is 0 Å².